The molecule has 0 unspecified atom stereocenters. The molecule has 9 heteroatoms. The molecule has 0 saturated carbocycles. The summed E-state index contributed by atoms with van der Waals surface area (Å²) >= 11 is 2.64. The van der Waals surface area contributed by atoms with Crippen molar-refractivity contribution in [3.63, 3.8) is 0 Å². The number of thioether (sulfide) groups is 1. The lowest BCUT2D eigenvalue weighted by atomic mass is 10.2. The molecular formula is C20H16F2N4OS2. The molecule has 0 N–H and O–H groups in total. The number of allylic oxidation sites excluding steroid dienone is 1. The van der Waals surface area contributed by atoms with Crippen LogP contribution in [0, 0.1) is 0 Å². The number of halogens is 2. The maximum absolute atomic E-state index is 13.1. The summed E-state index contributed by atoms with van der Waals surface area (Å²) in [6.07, 6.45) is 4.18. The number of rotatable bonds is 7. The van der Waals surface area contributed by atoms with Gasteiger partial charge in [0.15, 0.2) is 5.16 Å². The zero-order valence-electron chi connectivity index (χ0n) is 15.2. The number of hydrogen-bond acceptors (Lipinski definition) is 5. The van der Waals surface area contributed by atoms with Crippen molar-refractivity contribution < 1.29 is 8.78 Å². The fourth-order valence-corrected chi connectivity index (χ4v) is 4.94. The summed E-state index contributed by atoms with van der Waals surface area (Å²) in [5.41, 5.74) is 0.839. The molecule has 0 fully saturated rings. The lowest BCUT2D eigenvalue weighted by Crippen LogP contribution is -2.22. The summed E-state index contributed by atoms with van der Waals surface area (Å²) in [4.78, 5) is 23.3. The van der Waals surface area contributed by atoms with E-state index in [1.807, 2.05) is 36.4 Å². The van der Waals surface area contributed by atoms with E-state index >= 15 is 0 Å². The second-order valence-corrected chi connectivity index (χ2v) is 8.08. The Morgan fingerprint density at radius 1 is 1.28 bits per heavy atom. The molecule has 0 bridgehead atoms. The molecule has 0 amide bonds. The molecule has 0 saturated heterocycles. The van der Waals surface area contributed by atoms with Crippen LogP contribution in [0.3, 0.4) is 0 Å². The molecule has 0 aliphatic rings. The standard InChI is InChI=1S/C20H16F2N4OS2/c1-2-9-26-18(27)14-11-15(13-6-4-3-5-7-13)29-17(14)24-20(26)28-12-16-23-8-10-25(16)19(21)22/h2-8,10-11,19H,1,9,12H2. The first-order valence-corrected chi connectivity index (χ1v) is 10.5. The van der Waals surface area contributed by atoms with Gasteiger partial charge in [0.2, 0.25) is 0 Å². The van der Waals surface area contributed by atoms with Crippen LogP contribution in [0.4, 0.5) is 8.78 Å². The second kappa shape index (κ2) is 8.30. The third kappa shape index (κ3) is 3.88. The Bertz CT molecular complexity index is 1210. The highest BCUT2D eigenvalue weighted by atomic mass is 32.2. The number of thiophene rings is 1. The molecule has 4 rings (SSSR count). The highest BCUT2D eigenvalue weighted by molar-refractivity contribution is 7.98. The minimum absolute atomic E-state index is 0.170. The fraction of sp³-hybridized carbons (Fsp3) is 0.150. The topological polar surface area (TPSA) is 52.7 Å². The summed E-state index contributed by atoms with van der Waals surface area (Å²) in [5, 5.41) is 0.988. The molecule has 3 heterocycles. The van der Waals surface area contributed by atoms with Crippen LogP contribution in [0.15, 0.2) is 71.4 Å². The zero-order valence-corrected chi connectivity index (χ0v) is 16.8. The van der Waals surface area contributed by atoms with Crippen molar-refractivity contribution in [1.82, 2.24) is 19.1 Å². The lowest BCUT2D eigenvalue weighted by Gasteiger charge is -2.10. The lowest BCUT2D eigenvalue weighted by molar-refractivity contribution is 0.0678. The van der Waals surface area contributed by atoms with Gasteiger partial charge in [0, 0.05) is 23.8 Å². The van der Waals surface area contributed by atoms with Gasteiger partial charge in [-0.25, -0.2) is 9.97 Å². The Hall–Kier alpha value is -2.78. The van der Waals surface area contributed by atoms with E-state index in [0.29, 0.717) is 15.4 Å². The van der Waals surface area contributed by atoms with Gasteiger partial charge < -0.3 is 0 Å². The molecular weight excluding hydrogens is 414 g/mol. The predicted octanol–water partition coefficient (Wildman–Crippen LogP) is 5.19. The highest BCUT2D eigenvalue weighted by Gasteiger charge is 2.17. The minimum atomic E-state index is -2.66. The van der Waals surface area contributed by atoms with E-state index in [0.717, 1.165) is 15.0 Å². The average molecular weight is 431 g/mol. The van der Waals surface area contributed by atoms with Crippen molar-refractivity contribution in [2.24, 2.45) is 0 Å². The number of hydrogen-bond donors (Lipinski definition) is 0. The van der Waals surface area contributed by atoms with Gasteiger partial charge >= 0.3 is 6.55 Å². The molecule has 0 radical (unpaired) electrons. The van der Waals surface area contributed by atoms with Gasteiger partial charge in [-0.3, -0.25) is 13.9 Å². The number of imidazole rings is 1. The van der Waals surface area contributed by atoms with Crippen molar-refractivity contribution in [1.29, 1.82) is 0 Å². The van der Waals surface area contributed by atoms with Crippen LogP contribution in [0.5, 0.6) is 0 Å². The van der Waals surface area contributed by atoms with Crippen molar-refractivity contribution >= 4 is 33.3 Å². The Morgan fingerprint density at radius 3 is 2.79 bits per heavy atom. The van der Waals surface area contributed by atoms with E-state index in [2.05, 4.69) is 16.5 Å². The van der Waals surface area contributed by atoms with Gasteiger partial charge in [0.25, 0.3) is 5.56 Å². The molecule has 0 aliphatic heterocycles. The van der Waals surface area contributed by atoms with E-state index in [4.69, 9.17) is 0 Å². The Balaban J connectivity index is 1.74. The smallest absolute Gasteiger partial charge is 0.283 e. The van der Waals surface area contributed by atoms with Crippen LogP contribution in [-0.2, 0) is 12.3 Å². The molecule has 5 nitrogen and oxygen atoms in total. The van der Waals surface area contributed by atoms with E-state index in [1.54, 1.807) is 6.08 Å². The van der Waals surface area contributed by atoms with Crippen LogP contribution in [0.1, 0.15) is 12.4 Å². The molecule has 1 aromatic carbocycles. The molecule has 0 spiro atoms. The molecule has 0 aliphatic carbocycles. The number of nitrogens with zero attached hydrogens (tertiary/aromatic N) is 4. The van der Waals surface area contributed by atoms with Crippen LogP contribution in [0.25, 0.3) is 20.7 Å². The Morgan fingerprint density at radius 2 is 2.07 bits per heavy atom. The van der Waals surface area contributed by atoms with Gasteiger partial charge in [-0.15, -0.1) is 17.9 Å². The van der Waals surface area contributed by atoms with Crippen LogP contribution >= 0.6 is 23.1 Å². The number of aromatic nitrogens is 4. The Kier molecular flexibility index (Phi) is 5.59. The molecule has 0 atom stereocenters. The Labute approximate surface area is 173 Å². The first kappa shape index (κ1) is 19.5. The van der Waals surface area contributed by atoms with Crippen molar-refractivity contribution in [2.45, 2.75) is 24.0 Å². The quantitative estimate of drug-likeness (QED) is 0.230. The first-order chi connectivity index (χ1) is 14.1. The van der Waals surface area contributed by atoms with Crippen LogP contribution in [-0.4, -0.2) is 19.1 Å². The number of fused-ring (bicyclic) bond motifs is 1. The summed E-state index contributed by atoms with van der Waals surface area (Å²) in [6, 6.07) is 11.6. The maximum atomic E-state index is 13.1. The minimum Gasteiger partial charge on any atom is -0.283 e. The highest BCUT2D eigenvalue weighted by Crippen LogP contribution is 2.32. The molecule has 3 aromatic heterocycles. The first-order valence-electron chi connectivity index (χ1n) is 8.72. The molecule has 4 aromatic rings. The van der Waals surface area contributed by atoms with Gasteiger partial charge in [0.1, 0.15) is 10.7 Å². The van der Waals surface area contributed by atoms with E-state index in [-0.39, 0.29) is 23.7 Å². The van der Waals surface area contributed by atoms with E-state index < -0.39 is 6.55 Å². The molecule has 148 valence electrons. The summed E-state index contributed by atoms with van der Waals surface area (Å²) in [7, 11) is 0. The predicted molar refractivity (Wildman–Crippen MR) is 113 cm³/mol. The van der Waals surface area contributed by atoms with E-state index in [9.17, 15) is 13.6 Å². The maximum Gasteiger partial charge on any atom is 0.319 e. The van der Waals surface area contributed by atoms with E-state index in [1.165, 1.54) is 40.1 Å². The fourth-order valence-electron chi connectivity index (χ4n) is 2.90. The zero-order chi connectivity index (χ0) is 20.4. The van der Waals surface area contributed by atoms with Crippen LogP contribution < -0.4 is 5.56 Å². The largest absolute Gasteiger partial charge is 0.319 e. The summed E-state index contributed by atoms with van der Waals surface area (Å²) in [6.45, 7) is 1.33. The third-order valence-corrected chi connectivity index (χ3v) is 6.33. The average Bonchev–Trinajstić information content (AvgIpc) is 3.36. The van der Waals surface area contributed by atoms with Crippen molar-refractivity contribution in [3.05, 3.63) is 77.6 Å². The van der Waals surface area contributed by atoms with Crippen molar-refractivity contribution in [3.8, 4) is 10.4 Å². The van der Waals surface area contributed by atoms with Gasteiger partial charge in [-0.05, 0) is 11.6 Å². The summed E-state index contributed by atoms with van der Waals surface area (Å²) in [5.74, 6) is 0.393. The van der Waals surface area contributed by atoms with Crippen LogP contribution in [0.2, 0.25) is 0 Å². The number of benzene rings is 1. The summed E-state index contributed by atoms with van der Waals surface area (Å²) < 4.78 is 28.4. The third-order valence-electron chi connectivity index (χ3n) is 4.28. The second-order valence-electron chi connectivity index (χ2n) is 6.11. The van der Waals surface area contributed by atoms with Crippen molar-refractivity contribution in [2.75, 3.05) is 0 Å². The van der Waals surface area contributed by atoms with Gasteiger partial charge in [0.05, 0.1) is 11.1 Å². The van der Waals surface area contributed by atoms with Gasteiger partial charge in [-0.2, -0.15) is 8.78 Å². The SMILES string of the molecule is C=CCn1c(SCc2nccn2C(F)F)nc2sc(-c3ccccc3)cc2c1=O. The van der Waals surface area contributed by atoms with Gasteiger partial charge in [-0.1, -0.05) is 48.2 Å². The monoisotopic (exact) mass is 430 g/mol. The molecule has 29 heavy (non-hydrogen) atoms. The number of alkyl halides is 2. The normalized spacial score (nSPS) is 11.4.